The summed E-state index contributed by atoms with van der Waals surface area (Å²) in [7, 11) is 0. The predicted molar refractivity (Wildman–Crippen MR) is 110 cm³/mol. The van der Waals surface area contributed by atoms with E-state index >= 15 is 0 Å². The number of benzene rings is 1. The topological polar surface area (TPSA) is 59.6 Å². The van der Waals surface area contributed by atoms with Gasteiger partial charge in [-0.1, -0.05) is 19.9 Å². The monoisotopic (exact) mass is 393 g/mol. The first kappa shape index (κ1) is 19.5. The van der Waals surface area contributed by atoms with Crippen molar-refractivity contribution in [1.29, 1.82) is 0 Å². The Morgan fingerprint density at radius 1 is 1.19 bits per heavy atom. The van der Waals surface area contributed by atoms with Crippen LogP contribution in [0.4, 0.5) is 5.69 Å². The number of anilines is 1. The summed E-state index contributed by atoms with van der Waals surface area (Å²) in [6, 6.07) is 12.1. The fraction of sp³-hybridized carbons (Fsp3) is 0.474. The van der Waals surface area contributed by atoms with Crippen molar-refractivity contribution >= 4 is 28.4 Å². The minimum Gasteiger partial charge on any atom is -0.592 e. The molecular weight excluding hydrogens is 366 g/mol. The largest absolute Gasteiger partial charge is 0.592 e. The maximum Gasteiger partial charge on any atom is 0.231 e. The fourth-order valence-electron chi connectivity index (χ4n) is 2.60. The summed E-state index contributed by atoms with van der Waals surface area (Å²) < 4.78 is 22.4. The lowest BCUT2D eigenvalue weighted by atomic mass is 10.1. The third-order valence-electron chi connectivity index (χ3n) is 4.55. The van der Waals surface area contributed by atoms with Gasteiger partial charge in [0.05, 0.1) is 17.4 Å². The number of nitrogens with one attached hydrogen (secondary N) is 2. The Bertz CT molecular complexity index is 702. The van der Waals surface area contributed by atoms with E-state index in [2.05, 4.69) is 47.8 Å². The lowest BCUT2D eigenvalue weighted by Crippen LogP contribution is -2.43. The minimum atomic E-state index is -1.21. The van der Waals surface area contributed by atoms with E-state index in [1.807, 2.05) is 24.3 Å². The van der Waals surface area contributed by atoms with Crippen molar-refractivity contribution in [2.45, 2.75) is 31.0 Å². The van der Waals surface area contributed by atoms with Gasteiger partial charge >= 0.3 is 0 Å². The molecule has 1 aromatic carbocycles. The minimum absolute atomic E-state index is 0.193. The Morgan fingerprint density at radius 2 is 1.96 bits per heavy atom. The van der Waals surface area contributed by atoms with Crippen LogP contribution in [-0.4, -0.2) is 36.8 Å². The van der Waals surface area contributed by atoms with Crippen LogP contribution in [0.5, 0.6) is 10.8 Å². The maximum atomic E-state index is 12.4. The number of rotatable bonds is 7. The zero-order valence-corrected chi connectivity index (χ0v) is 17.2. The highest BCUT2D eigenvalue weighted by atomic mass is 32.2. The van der Waals surface area contributed by atoms with Gasteiger partial charge in [0.1, 0.15) is 5.75 Å². The average molecular weight is 394 g/mol. The second-order valence-corrected chi connectivity index (χ2v) is 9.35. The molecule has 2 aromatic rings. The van der Waals surface area contributed by atoms with Gasteiger partial charge in [-0.3, -0.25) is 0 Å². The number of hydrogen-bond acceptors (Lipinski definition) is 6. The van der Waals surface area contributed by atoms with Gasteiger partial charge in [0.15, 0.2) is 5.06 Å². The number of thiophene rings is 1. The molecule has 0 bridgehead atoms. The van der Waals surface area contributed by atoms with Crippen molar-refractivity contribution in [3.05, 3.63) is 36.4 Å². The molecule has 2 atom stereocenters. The third-order valence-corrected chi connectivity index (χ3v) is 7.10. The molecule has 2 heterocycles. The van der Waals surface area contributed by atoms with Crippen LogP contribution in [0, 0.1) is 5.92 Å². The Hall–Kier alpha value is -1.25. The van der Waals surface area contributed by atoms with E-state index in [1.165, 1.54) is 17.0 Å². The highest BCUT2D eigenvalue weighted by Gasteiger charge is 2.20. The van der Waals surface area contributed by atoms with Gasteiger partial charge in [-0.25, -0.2) is 0 Å². The lowest BCUT2D eigenvalue weighted by Gasteiger charge is -2.29. The highest BCUT2D eigenvalue weighted by molar-refractivity contribution is 7.91. The quantitative estimate of drug-likeness (QED) is 0.704. The molecular formula is C19H27N3O2S2. The van der Waals surface area contributed by atoms with Crippen molar-refractivity contribution in [2.75, 3.05) is 31.1 Å². The van der Waals surface area contributed by atoms with E-state index in [-0.39, 0.29) is 6.04 Å². The first-order valence-electron chi connectivity index (χ1n) is 9.04. The van der Waals surface area contributed by atoms with E-state index < -0.39 is 11.4 Å². The summed E-state index contributed by atoms with van der Waals surface area (Å²) in [5.74, 6) is 1.24. The van der Waals surface area contributed by atoms with Gasteiger partial charge in [0.2, 0.25) is 4.21 Å². The standard InChI is InChI=1S/C19H27N3O2S2/c1-14(2)15(3)21-26(23)19-8-7-18(25-19)24-17-6-4-5-16(13-17)22-11-9-20-10-12-22/h4-8,13-15,20-21H,9-12H2,1-3H3. The molecule has 0 saturated carbocycles. The van der Waals surface area contributed by atoms with Crippen molar-refractivity contribution in [1.82, 2.24) is 10.0 Å². The number of ether oxygens (including phenoxy) is 1. The van der Waals surface area contributed by atoms with Crippen molar-refractivity contribution < 1.29 is 9.29 Å². The van der Waals surface area contributed by atoms with Gasteiger partial charge < -0.3 is 19.5 Å². The number of nitrogens with zero attached hydrogens (tertiary/aromatic N) is 1. The van der Waals surface area contributed by atoms with Crippen LogP contribution < -0.4 is 19.7 Å². The lowest BCUT2D eigenvalue weighted by molar-refractivity contribution is 0.477. The van der Waals surface area contributed by atoms with Crippen LogP contribution in [0.2, 0.25) is 0 Å². The third kappa shape index (κ3) is 5.14. The molecule has 1 fully saturated rings. The van der Waals surface area contributed by atoms with Crippen molar-refractivity contribution in [2.24, 2.45) is 5.92 Å². The molecule has 142 valence electrons. The first-order valence-corrected chi connectivity index (χ1v) is 11.0. The highest BCUT2D eigenvalue weighted by Crippen LogP contribution is 2.33. The second-order valence-electron chi connectivity index (χ2n) is 6.83. The molecule has 26 heavy (non-hydrogen) atoms. The smallest absolute Gasteiger partial charge is 0.231 e. The van der Waals surface area contributed by atoms with E-state index in [4.69, 9.17) is 4.74 Å². The predicted octanol–water partition coefficient (Wildman–Crippen LogP) is 3.61. The zero-order valence-electron chi connectivity index (χ0n) is 15.5. The van der Waals surface area contributed by atoms with Crippen LogP contribution >= 0.6 is 11.3 Å². The normalized spacial score (nSPS) is 17.3. The fourth-order valence-corrected chi connectivity index (χ4v) is 4.82. The first-order chi connectivity index (χ1) is 12.5. The summed E-state index contributed by atoms with van der Waals surface area (Å²) >= 11 is 0.216. The van der Waals surface area contributed by atoms with Gasteiger partial charge in [-0.15, -0.1) is 4.72 Å². The molecule has 0 radical (unpaired) electrons. The van der Waals surface area contributed by atoms with Crippen LogP contribution in [0.1, 0.15) is 20.8 Å². The van der Waals surface area contributed by atoms with E-state index in [9.17, 15) is 4.55 Å². The number of piperazine rings is 1. The van der Waals surface area contributed by atoms with Crippen molar-refractivity contribution in [3.63, 3.8) is 0 Å². The summed E-state index contributed by atoms with van der Waals surface area (Å²) in [5.41, 5.74) is 1.18. The Morgan fingerprint density at radius 3 is 2.69 bits per heavy atom. The van der Waals surface area contributed by atoms with Crippen LogP contribution in [0.3, 0.4) is 0 Å². The average Bonchev–Trinajstić information content (AvgIpc) is 3.11. The molecule has 1 aliphatic rings. The van der Waals surface area contributed by atoms with Crippen LogP contribution in [0.15, 0.2) is 40.6 Å². The molecule has 5 nitrogen and oxygen atoms in total. The Balaban J connectivity index is 1.63. The molecule has 0 amide bonds. The molecule has 2 unspecified atom stereocenters. The SMILES string of the molecule is CC(C)C(C)N[S+]([O-])c1ccc(Oc2cccc(N3CCNCC3)c2)s1. The molecule has 1 saturated heterocycles. The molecule has 1 aliphatic heterocycles. The molecule has 7 heteroatoms. The summed E-state index contributed by atoms with van der Waals surface area (Å²) in [6.07, 6.45) is 0. The summed E-state index contributed by atoms with van der Waals surface area (Å²) in [4.78, 5) is 2.36. The van der Waals surface area contributed by atoms with E-state index in [0.717, 1.165) is 41.2 Å². The Kier molecular flexibility index (Phi) is 6.83. The Labute approximate surface area is 163 Å². The van der Waals surface area contributed by atoms with E-state index in [0.29, 0.717) is 5.92 Å². The van der Waals surface area contributed by atoms with Gasteiger partial charge in [0.25, 0.3) is 0 Å². The van der Waals surface area contributed by atoms with Gasteiger partial charge in [-0.2, -0.15) is 0 Å². The molecule has 0 spiro atoms. The van der Waals surface area contributed by atoms with Gasteiger partial charge in [-0.05, 0) is 42.4 Å². The molecule has 0 aliphatic carbocycles. The van der Waals surface area contributed by atoms with Crippen LogP contribution in [0.25, 0.3) is 0 Å². The second kappa shape index (κ2) is 9.10. The zero-order chi connectivity index (χ0) is 18.5. The summed E-state index contributed by atoms with van der Waals surface area (Å²) in [5, 5.41) is 4.12. The van der Waals surface area contributed by atoms with E-state index in [1.54, 1.807) is 0 Å². The van der Waals surface area contributed by atoms with Gasteiger partial charge in [0, 0.05) is 44.0 Å². The maximum absolute atomic E-state index is 12.4. The molecule has 1 aromatic heterocycles. The molecule has 3 rings (SSSR count). The summed E-state index contributed by atoms with van der Waals surface area (Å²) in [6.45, 7) is 10.3. The van der Waals surface area contributed by atoms with Crippen molar-refractivity contribution in [3.8, 4) is 10.8 Å². The van der Waals surface area contributed by atoms with Crippen LogP contribution in [-0.2, 0) is 11.4 Å². The number of hydrogen-bond donors (Lipinski definition) is 2. The molecule has 2 N–H and O–H groups in total.